The van der Waals surface area contributed by atoms with Gasteiger partial charge in [0.25, 0.3) is 0 Å². The fourth-order valence-electron chi connectivity index (χ4n) is 2.51. The number of hydrogen-bond acceptors (Lipinski definition) is 3. The Labute approximate surface area is 133 Å². The molecule has 2 N–H and O–H groups in total. The molecule has 1 fully saturated rings. The lowest BCUT2D eigenvalue weighted by Crippen LogP contribution is -2.34. The second kappa shape index (κ2) is 7.23. The molecule has 3 rings (SSSR count). The highest BCUT2D eigenvalue weighted by molar-refractivity contribution is 5.88. The summed E-state index contributed by atoms with van der Waals surface area (Å²) in [6, 6.07) is 7.74. The summed E-state index contributed by atoms with van der Waals surface area (Å²) in [5, 5.41) is 9.76. The van der Waals surface area contributed by atoms with E-state index in [2.05, 4.69) is 15.7 Å². The van der Waals surface area contributed by atoms with Crippen LogP contribution in [0, 0.1) is 11.7 Å². The Balaban J connectivity index is 1.56. The van der Waals surface area contributed by atoms with Gasteiger partial charge in [0, 0.05) is 25.1 Å². The van der Waals surface area contributed by atoms with Crippen LogP contribution in [0.3, 0.4) is 0 Å². The minimum atomic E-state index is -0.291. The van der Waals surface area contributed by atoms with E-state index in [-0.39, 0.29) is 11.8 Å². The first-order valence-electron chi connectivity index (χ1n) is 7.59. The van der Waals surface area contributed by atoms with Crippen molar-refractivity contribution in [2.24, 2.45) is 5.92 Å². The average molecular weight is 318 g/mol. The highest BCUT2D eigenvalue weighted by atomic mass is 19.1. The minimum Gasteiger partial charge on any atom is -0.381 e. The molecule has 0 spiro atoms. The third-order valence-electron chi connectivity index (χ3n) is 3.75. The molecule has 6 nitrogen and oxygen atoms in total. The Bertz CT molecular complexity index is 668. The molecule has 0 aliphatic carbocycles. The van der Waals surface area contributed by atoms with Gasteiger partial charge in [0.05, 0.1) is 19.3 Å². The van der Waals surface area contributed by atoms with Crippen LogP contribution in [0.5, 0.6) is 0 Å². The second-order valence-corrected chi connectivity index (χ2v) is 5.57. The van der Waals surface area contributed by atoms with E-state index in [0.717, 1.165) is 18.6 Å². The maximum atomic E-state index is 13.2. The van der Waals surface area contributed by atoms with Gasteiger partial charge in [-0.2, -0.15) is 5.10 Å². The fourth-order valence-corrected chi connectivity index (χ4v) is 2.51. The van der Waals surface area contributed by atoms with Crippen LogP contribution in [0.4, 0.5) is 15.0 Å². The van der Waals surface area contributed by atoms with Crippen LogP contribution in [0.25, 0.3) is 0 Å². The minimum absolute atomic E-state index is 0.280. The normalized spacial score (nSPS) is 17.2. The molecule has 1 saturated heterocycles. The molecule has 23 heavy (non-hydrogen) atoms. The van der Waals surface area contributed by atoms with E-state index in [0.29, 0.717) is 31.4 Å². The zero-order valence-corrected chi connectivity index (χ0v) is 12.7. The van der Waals surface area contributed by atoms with E-state index in [1.165, 1.54) is 12.1 Å². The first-order chi connectivity index (χ1) is 11.2. The van der Waals surface area contributed by atoms with Gasteiger partial charge in [-0.1, -0.05) is 12.1 Å². The summed E-state index contributed by atoms with van der Waals surface area (Å²) < 4.78 is 20.1. The molecule has 1 aliphatic rings. The van der Waals surface area contributed by atoms with E-state index in [9.17, 15) is 9.18 Å². The van der Waals surface area contributed by atoms with Gasteiger partial charge in [0.15, 0.2) is 0 Å². The van der Waals surface area contributed by atoms with E-state index in [1.807, 2.05) is 6.07 Å². The largest absolute Gasteiger partial charge is 0.381 e. The van der Waals surface area contributed by atoms with Crippen molar-refractivity contribution in [2.75, 3.05) is 25.1 Å². The third kappa shape index (κ3) is 4.29. The number of anilines is 1. The molecule has 1 aromatic heterocycles. The Morgan fingerprint density at radius 1 is 1.43 bits per heavy atom. The van der Waals surface area contributed by atoms with Gasteiger partial charge in [-0.25, -0.2) is 13.9 Å². The average Bonchev–Trinajstić information content (AvgIpc) is 3.18. The Kier molecular flexibility index (Phi) is 4.87. The summed E-state index contributed by atoms with van der Waals surface area (Å²) in [7, 11) is 0. The lowest BCUT2D eigenvalue weighted by Gasteiger charge is -2.12. The number of aromatic nitrogens is 2. The molecule has 0 saturated carbocycles. The lowest BCUT2D eigenvalue weighted by molar-refractivity contribution is 0.185. The molecule has 0 bridgehead atoms. The van der Waals surface area contributed by atoms with Crippen LogP contribution >= 0.6 is 0 Å². The Morgan fingerprint density at radius 3 is 3.13 bits per heavy atom. The molecule has 2 heterocycles. The van der Waals surface area contributed by atoms with E-state index < -0.39 is 0 Å². The molecule has 1 aliphatic heterocycles. The molecular formula is C16H19FN4O2. The first-order valence-corrected chi connectivity index (χ1v) is 7.59. The SMILES string of the molecule is O=C(NC[C@@H]1CCOC1)Nc1ccnn1Cc1cccc(F)c1. The van der Waals surface area contributed by atoms with Gasteiger partial charge in [-0.15, -0.1) is 0 Å². The number of ether oxygens (including phenoxy) is 1. The number of carbonyl (C=O) groups excluding carboxylic acids is 1. The maximum Gasteiger partial charge on any atom is 0.320 e. The highest BCUT2D eigenvalue weighted by Crippen LogP contribution is 2.12. The number of hydrogen-bond donors (Lipinski definition) is 2. The van der Waals surface area contributed by atoms with Crippen LogP contribution in [-0.2, 0) is 11.3 Å². The van der Waals surface area contributed by atoms with E-state index in [1.54, 1.807) is 23.0 Å². The summed E-state index contributed by atoms with van der Waals surface area (Å²) in [5.74, 6) is 0.646. The summed E-state index contributed by atoms with van der Waals surface area (Å²) in [4.78, 5) is 12.0. The van der Waals surface area contributed by atoms with Crippen molar-refractivity contribution in [3.05, 3.63) is 47.9 Å². The van der Waals surface area contributed by atoms with Crippen molar-refractivity contribution < 1.29 is 13.9 Å². The number of halogens is 1. The van der Waals surface area contributed by atoms with Crippen molar-refractivity contribution in [3.63, 3.8) is 0 Å². The van der Waals surface area contributed by atoms with Gasteiger partial charge in [-0.05, 0) is 24.1 Å². The van der Waals surface area contributed by atoms with E-state index in [4.69, 9.17) is 4.74 Å². The summed E-state index contributed by atoms with van der Waals surface area (Å²) in [6.07, 6.45) is 2.57. The molecule has 2 amide bonds. The number of nitrogens with one attached hydrogen (secondary N) is 2. The molecule has 122 valence electrons. The molecule has 2 aromatic rings. The summed E-state index contributed by atoms with van der Waals surface area (Å²) >= 11 is 0. The first kappa shape index (κ1) is 15.5. The highest BCUT2D eigenvalue weighted by Gasteiger charge is 2.16. The molecule has 0 unspecified atom stereocenters. The summed E-state index contributed by atoms with van der Waals surface area (Å²) in [6.45, 7) is 2.42. The van der Waals surface area contributed by atoms with Gasteiger partial charge >= 0.3 is 6.03 Å². The molecule has 1 atom stereocenters. The van der Waals surface area contributed by atoms with Gasteiger partial charge in [0.1, 0.15) is 11.6 Å². The van der Waals surface area contributed by atoms with Crippen molar-refractivity contribution in [1.82, 2.24) is 15.1 Å². The van der Waals surface area contributed by atoms with E-state index >= 15 is 0 Å². The monoisotopic (exact) mass is 318 g/mol. The number of rotatable bonds is 5. The maximum absolute atomic E-state index is 13.2. The van der Waals surface area contributed by atoms with Gasteiger partial charge in [-0.3, -0.25) is 5.32 Å². The number of carbonyl (C=O) groups is 1. The van der Waals surface area contributed by atoms with Crippen LogP contribution in [0.2, 0.25) is 0 Å². The van der Waals surface area contributed by atoms with Crippen LogP contribution < -0.4 is 10.6 Å². The fraction of sp³-hybridized carbons (Fsp3) is 0.375. The van der Waals surface area contributed by atoms with Crippen LogP contribution in [0.1, 0.15) is 12.0 Å². The zero-order chi connectivity index (χ0) is 16.1. The Hall–Kier alpha value is -2.41. The predicted molar refractivity (Wildman–Crippen MR) is 83.7 cm³/mol. The predicted octanol–water partition coefficient (Wildman–Crippen LogP) is 2.23. The quantitative estimate of drug-likeness (QED) is 0.888. The molecule has 1 aromatic carbocycles. The number of nitrogens with zero attached hydrogens (tertiary/aromatic N) is 2. The zero-order valence-electron chi connectivity index (χ0n) is 12.7. The Morgan fingerprint density at radius 2 is 2.35 bits per heavy atom. The van der Waals surface area contributed by atoms with Crippen LogP contribution in [0.15, 0.2) is 36.5 Å². The lowest BCUT2D eigenvalue weighted by atomic mass is 10.1. The number of urea groups is 1. The smallest absolute Gasteiger partial charge is 0.320 e. The van der Waals surface area contributed by atoms with Crippen molar-refractivity contribution in [3.8, 4) is 0 Å². The number of benzene rings is 1. The number of amides is 2. The van der Waals surface area contributed by atoms with Gasteiger partial charge < -0.3 is 10.1 Å². The molecular weight excluding hydrogens is 299 g/mol. The topological polar surface area (TPSA) is 68.2 Å². The van der Waals surface area contributed by atoms with Crippen molar-refractivity contribution in [1.29, 1.82) is 0 Å². The standard InChI is InChI=1S/C16H19FN4O2/c17-14-3-1-2-12(8-14)10-21-15(4-6-19-21)20-16(22)18-9-13-5-7-23-11-13/h1-4,6,8,13H,5,7,9-11H2,(H2,18,20,22)/t13-/m0/s1. The van der Waals surface area contributed by atoms with Crippen LogP contribution in [-0.4, -0.2) is 35.6 Å². The van der Waals surface area contributed by atoms with Gasteiger partial charge in [0.2, 0.25) is 0 Å². The molecule has 7 heteroatoms. The van der Waals surface area contributed by atoms with Crippen molar-refractivity contribution >= 4 is 11.8 Å². The van der Waals surface area contributed by atoms with Crippen molar-refractivity contribution in [2.45, 2.75) is 13.0 Å². The summed E-state index contributed by atoms with van der Waals surface area (Å²) in [5.41, 5.74) is 0.778. The third-order valence-corrected chi connectivity index (χ3v) is 3.75. The molecule has 0 radical (unpaired) electrons. The second-order valence-electron chi connectivity index (χ2n) is 5.57.